The second-order valence-electron chi connectivity index (χ2n) is 5.96. The first-order valence-electron chi connectivity index (χ1n) is 7.81. The van der Waals surface area contributed by atoms with Crippen molar-refractivity contribution in [3.05, 3.63) is 35.3 Å². The molecule has 22 heavy (non-hydrogen) atoms. The molecule has 0 spiro atoms. The molecule has 3 rings (SSSR count). The number of methoxy groups -OCH3 is 1. The lowest BCUT2D eigenvalue weighted by Gasteiger charge is -2.39. The van der Waals surface area contributed by atoms with Gasteiger partial charge in [-0.15, -0.1) is 0 Å². The van der Waals surface area contributed by atoms with Crippen molar-refractivity contribution in [2.45, 2.75) is 25.3 Å². The van der Waals surface area contributed by atoms with Crippen LogP contribution in [0.5, 0.6) is 0 Å². The lowest BCUT2D eigenvalue weighted by molar-refractivity contribution is 0.139. The van der Waals surface area contributed by atoms with Crippen molar-refractivity contribution in [1.29, 1.82) is 0 Å². The Bertz CT molecular complexity index is 538. The summed E-state index contributed by atoms with van der Waals surface area (Å²) in [6, 6.07) is 0.463. The third kappa shape index (κ3) is 2.97. The number of carbonyl (C=O) groups excluding carboxylic acids is 1. The van der Waals surface area contributed by atoms with Crippen molar-refractivity contribution in [3.8, 4) is 0 Å². The zero-order valence-corrected chi connectivity index (χ0v) is 13.2. The topological polar surface area (TPSA) is 65.6 Å². The maximum absolute atomic E-state index is 11.7. The SMILES string of the molecule is COC(=O)N(C)C1=CCC2NCC/C(=C\C3=CNCN3)C2C1. The summed E-state index contributed by atoms with van der Waals surface area (Å²) >= 11 is 0. The van der Waals surface area contributed by atoms with E-state index in [2.05, 4.69) is 28.1 Å². The molecule has 1 saturated heterocycles. The monoisotopic (exact) mass is 304 g/mol. The first-order chi connectivity index (χ1) is 10.7. The van der Waals surface area contributed by atoms with Crippen molar-refractivity contribution in [3.63, 3.8) is 0 Å². The maximum atomic E-state index is 11.7. The molecule has 2 atom stereocenters. The van der Waals surface area contributed by atoms with Crippen LogP contribution < -0.4 is 16.0 Å². The van der Waals surface area contributed by atoms with Gasteiger partial charge in [0.05, 0.1) is 19.5 Å². The molecule has 0 aromatic heterocycles. The minimum absolute atomic E-state index is 0.302. The van der Waals surface area contributed by atoms with Gasteiger partial charge in [-0.25, -0.2) is 4.79 Å². The Balaban J connectivity index is 1.77. The number of hydrogen-bond acceptors (Lipinski definition) is 5. The predicted molar refractivity (Wildman–Crippen MR) is 84.7 cm³/mol. The molecule has 0 aromatic rings. The van der Waals surface area contributed by atoms with Crippen LogP contribution in [0.2, 0.25) is 0 Å². The summed E-state index contributed by atoms with van der Waals surface area (Å²) in [5.74, 6) is 0.434. The van der Waals surface area contributed by atoms with Crippen LogP contribution in [0.25, 0.3) is 0 Å². The number of fused-ring (bicyclic) bond motifs is 1. The summed E-state index contributed by atoms with van der Waals surface area (Å²) in [6.07, 6.45) is 9.00. The van der Waals surface area contributed by atoms with Gasteiger partial charge in [-0.3, -0.25) is 4.90 Å². The van der Waals surface area contributed by atoms with Gasteiger partial charge in [-0.05, 0) is 31.9 Å². The third-order valence-corrected chi connectivity index (χ3v) is 4.69. The average Bonchev–Trinajstić information content (AvgIpc) is 3.06. The Morgan fingerprint density at radius 1 is 1.50 bits per heavy atom. The second-order valence-corrected chi connectivity index (χ2v) is 5.96. The number of allylic oxidation sites excluding steroid dienone is 2. The molecule has 1 aliphatic carbocycles. The van der Waals surface area contributed by atoms with E-state index >= 15 is 0 Å². The summed E-state index contributed by atoms with van der Waals surface area (Å²) in [5.41, 5.74) is 3.65. The second kappa shape index (κ2) is 6.44. The van der Waals surface area contributed by atoms with Gasteiger partial charge >= 0.3 is 6.09 Å². The summed E-state index contributed by atoms with van der Waals surface area (Å²) in [5, 5.41) is 10.1. The fourth-order valence-corrected chi connectivity index (χ4v) is 3.45. The van der Waals surface area contributed by atoms with E-state index in [0.717, 1.165) is 43.9 Å². The highest BCUT2D eigenvalue weighted by atomic mass is 16.5. The molecule has 3 N–H and O–H groups in total. The van der Waals surface area contributed by atoms with E-state index in [1.807, 2.05) is 6.20 Å². The largest absolute Gasteiger partial charge is 0.452 e. The third-order valence-electron chi connectivity index (χ3n) is 4.69. The summed E-state index contributed by atoms with van der Waals surface area (Å²) in [4.78, 5) is 13.4. The molecular formula is C16H24N4O2. The van der Waals surface area contributed by atoms with E-state index in [4.69, 9.17) is 4.74 Å². The highest BCUT2D eigenvalue weighted by Crippen LogP contribution is 2.36. The highest BCUT2D eigenvalue weighted by Gasteiger charge is 2.33. The first-order valence-corrected chi connectivity index (χ1v) is 7.81. The minimum atomic E-state index is -0.302. The molecule has 2 heterocycles. The van der Waals surface area contributed by atoms with Gasteiger partial charge in [0.2, 0.25) is 0 Å². The van der Waals surface area contributed by atoms with Crippen LogP contribution in [-0.2, 0) is 4.74 Å². The number of amides is 1. The van der Waals surface area contributed by atoms with Gasteiger partial charge in [0, 0.05) is 30.9 Å². The zero-order chi connectivity index (χ0) is 15.5. The van der Waals surface area contributed by atoms with Gasteiger partial charge in [-0.1, -0.05) is 11.6 Å². The number of piperidine rings is 1. The first kappa shape index (κ1) is 15.0. The van der Waals surface area contributed by atoms with Gasteiger partial charge in [0.1, 0.15) is 0 Å². The van der Waals surface area contributed by atoms with Crippen LogP contribution in [0, 0.1) is 5.92 Å². The van der Waals surface area contributed by atoms with Crippen LogP contribution >= 0.6 is 0 Å². The van der Waals surface area contributed by atoms with Crippen LogP contribution in [-0.4, -0.2) is 44.4 Å². The molecule has 0 radical (unpaired) electrons. The maximum Gasteiger partial charge on any atom is 0.413 e. The van der Waals surface area contributed by atoms with Crippen molar-refractivity contribution in [1.82, 2.24) is 20.9 Å². The normalized spacial score (nSPS) is 28.9. The number of ether oxygens (including phenoxy) is 1. The van der Waals surface area contributed by atoms with Crippen molar-refractivity contribution in [2.24, 2.45) is 5.92 Å². The van der Waals surface area contributed by atoms with Gasteiger partial charge < -0.3 is 20.7 Å². The van der Waals surface area contributed by atoms with E-state index < -0.39 is 0 Å². The Morgan fingerprint density at radius 3 is 3.09 bits per heavy atom. The Hall–Kier alpha value is -1.95. The number of hydrogen-bond donors (Lipinski definition) is 3. The molecule has 1 fully saturated rings. The molecule has 2 unspecified atom stereocenters. The Labute approximate surface area is 131 Å². The smallest absolute Gasteiger partial charge is 0.413 e. The molecule has 2 aliphatic heterocycles. The molecule has 1 amide bonds. The number of nitrogens with zero attached hydrogens (tertiary/aromatic N) is 1. The minimum Gasteiger partial charge on any atom is -0.452 e. The summed E-state index contributed by atoms with van der Waals surface area (Å²) in [6.45, 7) is 1.81. The standard InChI is InChI=1S/C16H24N4O2/c1-20(16(21)22-2)13-3-4-15-14(8-13)11(5-6-18-15)7-12-9-17-10-19-12/h3,7,9,14-15,17-19H,4-6,8,10H2,1-2H3/b11-7+. The van der Waals surface area contributed by atoms with E-state index in [1.54, 1.807) is 11.9 Å². The predicted octanol–water partition coefficient (Wildman–Crippen LogP) is 1.26. The molecule has 0 aromatic carbocycles. The lowest BCUT2D eigenvalue weighted by Crippen LogP contribution is -2.45. The van der Waals surface area contributed by atoms with Gasteiger partial charge in [0.15, 0.2) is 0 Å². The van der Waals surface area contributed by atoms with Crippen molar-refractivity contribution < 1.29 is 9.53 Å². The van der Waals surface area contributed by atoms with Crippen LogP contribution in [0.15, 0.2) is 35.3 Å². The molecular weight excluding hydrogens is 280 g/mol. The van der Waals surface area contributed by atoms with Crippen molar-refractivity contribution in [2.75, 3.05) is 27.4 Å². The number of rotatable bonds is 2. The van der Waals surface area contributed by atoms with Crippen LogP contribution in [0.1, 0.15) is 19.3 Å². The van der Waals surface area contributed by atoms with E-state index in [-0.39, 0.29) is 6.09 Å². The highest BCUT2D eigenvalue weighted by molar-refractivity contribution is 5.69. The van der Waals surface area contributed by atoms with Gasteiger partial charge in [-0.2, -0.15) is 0 Å². The lowest BCUT2D eigenvalue weighted by atomic mass is 9.77. The Kier molecular flexibility index (Phi) is 4.38. The fraction of sp³-hybridized carbons (Fsp3) is 0.562. The van der Waals surface area contributed by atoms with E-state index in [1.165, 1.54) is 12.7 Å². The molecule has 6 nitrogen and oxygen atoms in total. The number of carbonyl (C=O) groups is 1. The molecule has 6 heteroatoms. The van der Waals surface area contributed by atoms with E-state index in [9.17, 15) is 4.79 Å². The molecule has 3 aliphatic rings. The zero-order valence-electron chi connectivity index (χ0n) is 13.2. The molecule has 0 saturated carbocycles. The van der Waals surface area contributed by atoms with E-state index in [0.29, 0.717) is 12.0 Å². The molecule has 120 valence electrons. The molecule has 0 bridgehead atoms. The summed E-state index contributed by atoms with van der Waals surface area (Å²) < 4.78 is 4.82. The average molecular weight is 304 g/mol. The van der Waals surface area contributed by atoms with Gasteiger partial charge in [0.25, 0.3) is 0 Å². The quantitative estimate of drug-likeness (QED) is 0.717. The number of nitrogens with one attached hydrogen (secondary N) is 3. The summed E-state index contributed by atoms with van der Waals surface area (Å²) in [7, 11) is 3.20. The Morgan fingerprint density at radius 2 is 2.36 bits per heavy atom. The van der Waals surface area contributed by atoms with Crippen LogP contribution in [0.3, 0.4) is 0 Å². The van der Waals surface area contributed by atoms with Crippen molar-refractivity contribution >= 4 is 6.09 Å². The van der Waals surface area contributed by atoms with Crippen LogP contribution in [0.4, 0.5) is 4.79 Å². The fourth-order valence-electron chi connectivity index (χ4n) is 3.45.